The zero-order chi connectivity index (χ0) is 10.8. The molecule has 0 atom stereocenters. The number of nitrogen functional groups attached to an aromatic ring is 1. The van der Waals surface area contributed by atoms with E-state index < -0.39 is 10.0 Å². The van der Waals surface area contributed by atoms with E-state index in [1.807, 2.05) is 6.92 Å². The van der Waals surface area contributed by atoms with Crippen molar-refractivity contribution < 1.29 is 8.42 Å². The molecule has 0 amide bonds. The second-order valence-electron chi connectivity index (χ2n) is 3.08. The molecule has 78 valence electrons. The van der Waals surface area contributed by atoms with Crippen molar-refractivity contribution in [2.45, 2.75) is 13.8 Å². The SMILES string of the molecule is CCS(=O)(=O)Nc1ccc(N)c(C)c1. The van der Waals surface area contributed by atoms with E-state index >= 15 is 0 Å². The first kappa shape index (κ1) is 10.8. The minimum atomic E-state index is -3.19. The Hall–Kier alpha value is -1.23. The zero-order valence-corrected chi connectivity index (χ0v) is 9.06. The van der Waals surface area contributed by atoms with Crippen molar-refractivity contribution >= 4 is 21.4 Å². The molecule has 4 nitrogen and oxygen atoms in total. The van der Waals surface area contributed by atoms with E-state index in [-0.39, 0.29) is 5.75 Å². The van der Waals surface area contributed by atoms with Gasteiger partial charge in [-0.15, -0.1) is 0 Å². The minimum absolute atomic E-state index is 0.0659. The summed E-state index contributed by atoms with van der Waals surface area (Å²) in [6.45, 7) is 3.42. The van der Waals surface area contributed by atoms with Gasteiger partial charge < -0.3 is 5.73 Å². The van der Waals surface area contributed by atoms with Crippen molar-refractivity contribution in [1.82, 2.24) is 0 Å². The highest BCUT2D eigenvalue weighted by Crippen LogP contribution is 2.17. The second-order valence-corrected chi connectivity index (χ2v) is 5.09. The lowest BCUT2D eigenvalue weighted by Crippen LogP contribution is -2.14. The van der Waals surface area contributed by atoms with Crippen LogP contribution in [0.1, 0.15) is 12.5 Å². The molecule has 0 fully saturated rings. The Morgan fingerprint density at radius 1 is 1.43 bits per heavy atom. The number of nitrogens with two attached hydrogens (primary N) is 1. The van der Waals surface area contributed by atoms with Crippen LogP contribution >= 0.6 is 0 Å². The van der Waals surface area contributed by atoms with Crippen LogP contribution in [0.3, 0.4) is 0 Å². The van der Waals surface area contributed by atoms with E-state index in [0.717, 1.165) is 5.56 Å². The average Bonchev–Trinajstić information content (AvgIpc) is 2.11. The fraction of sp³-hybridized carbons (Fsp3) is 0.333. The van der Waals surface area contributed by atoms with Gasteiger partial charge in [-0.2, -0.15) is 0 Å². The first-order valence-electron chi connectivity index (χ1n) is 4.31. The summed E-state index contributed by atoms with van der Waals surface area (Å²) >= 11 is 0. The molecule has 0 aliphatic rings. The monoisotopic (exact) mass is 214 g/mol. The molecule has 0 unspecified atom stereocenters. The van der Waals surface area contributed by atoms with Crippen LogP contribution in [0.15, 0.2) is 18.2 Å². The Kier molecular flexibility index (Phi) is 3.00. The van der Waals surface area contributed by atoms with E-state index in [0.29, 0.717) is 11.4 Å². The lowest BCUT2D eigenvalue weighted by atomic mass is 10.2. The van der Waals surface area contributed by atoms with E-state index in [1.165, 1.54) is 0 Å². The van der Waals surface area contributed by atoms with Gasteiger partial charge in [-0.05, 0) is 37.6 Å². The first-order valence-corrected chi connectivity index (χ1v) is 5.96. The van der Waals surface area contributed by atoms with E-state index in [1.54, 1.807) is 25.1 Å². The van der Waals surface area contributed by atoms with Crippen molar-refractivity contribution in [3.8, 4) is 0 Å². The Balaban J connectivity index is 2.94. The van der Waals surface area contributed by atoms with Gasteiger partial charge in [0.2, 0.25) is 10.0 Å². The van der Waals surface area contributed by atoms with Gasteiger partial charge in [-0.3, -0.25) is 4.72 Å². The van der Waals surface area contributed by atoms with E-state index in [9.17, 15) is 8.42 Å². The van der Waals surface area contributed by atoms with Gasteiger partial charge in [-0.25, -0.2) is 8.42 Å². The summed E-state index contributed by atoms with van der Waals surface area (Å²) in [5, 5.41) is 0. The summed E-state index contributed by atoms with van der Waals surface area (Å²) in [5.41, 5.74) is 7.68. The van der Waals surface area contributed by atoms with Gasteiger partial charge in [0.05, 0.1) is 5.75 Å². The lowest BCUT2D eigenvalue weighted by molar-refractivity contribution is 0.602. The van der Waals surface area contributed by atoms with Gasteiger partial charge >= 0.3 is 0 Å². The molecule has 0 aliphatic heterocycles. The molecular weight excluding hydrogens is 200 g/mol. The number of hydrogen-bond acceptors (Lipinski definition) is 3. The van der Waals surface area contributed by atoms with Crippen molar-refractivity contribution in [1.29, 1.82) is 0 Å². The number of hydrogen-bond donors (Lipinski definition) is 2. The third kappa shape index (κ3) is 2.63. The molecule has 1 rings (SSSR count). The van der Waals surface area contributed by atoms with Crippen LogP contribution in [-0.4, -0.2) is 14.2 Å². The van der Waals surface area contributed by atoms with E-state index in [4.69, 9.17) is 5.73 Å². The topological polar surface area (TPSA) is 72.2 Å². The molecule has 0 saturated heterocycles. The summed E-state index contributed by atoms with van der Waals surface area (Å²) in [7, 11) is -3.19. The summed E-state index contributed by atoms with van der Waals surface area (Å²) in [5.74, 6) is 0.0659. The minimum Gasteiger partial charge on any atom is -0.399 e. The highest BCUT2D eigenvalue weighted by molar-refractivity contribution is 7.92. The van der Waals surface area contributed by atoms with Gasteiger partial charge in [0.1, 0.15) is 0 Å². The standard InChI is InChI=1S/C9H14N2O2S/c1-3-14(12,13)11-8-4-5-9(10)7(2)6-8/h4-6,11H,3,10H2,1-2H3. The maximum absolute atomic E-state index is 11.2. The number of anilines is 2. The molecule has 14 heavy (non-hydrogen) atoms. The fourth-order valence-electron chi connectivity index (χ4n) is 0.991. The van der Waals surface area contributed by atoms with Gasteiger partial charge in [0.25, 0.3) is 0 Å². The highest BCUT2D eigenvalue weighted by Gasteiger charge is 2.06. The summed E-state index contributed by atoms with van der Waals surface area (Å²) in [4.78, 5) is 0. The molecule has 5 heteroatoms. The predicted molar refractivity (Wildman–Crippen MR) is 58.7 cm³/mol. The molecule has 0 radical (unpaired) electrons. The smallest absolute Gasteiger partial charge is 0.232 e. The molecule has 1 aromatic rings. The van der Waals surface area contributed by atoms with Crippen LogP contribution < -0.4 is 10.5 Å². The molecule has 0 bridgehead atoms. The molecule has 0 aromatic heterocycles. The summed E-state index contributed by atoms with van der Waals surface area (Å²) < 4.78 is 24.9. The number of rotatable bonds is 3. The largest absolute Gasteiger partial charge is 0.399 e. The van der Waals surface area contributed by atoms with Crippen LogP contribution in [0.2, 0.25) is 0 Å². The fourth-order valence-corrected chi connectivity index (χ4v) is 1.62. The number of aryl methyl sites for hydroxylation is 1. The number of sulfonamides is 1. The molecule has 0 heterocycles. The molecule has 0 spiro atoms. The van der Waals surface area contributed by atoms with Crippen molar-refractivity contribution in [3.63, 3.8) is 0 Å². The maximum atomic E-state index is 11.2. The summed E-state index contributed by atoms with van der Waals surface area (Å²) in [6.07, 6.45) is 0. The van der Waals surface area contributed by atoms with Crippen LogP contribution in [0.5, 0.6) is 0 Å². The normalized spacial score (nSPS) is 11.3. The maximum Gasteiger partial charge on any atom is 0.232 e. The summed E-state index contributed by atoms with van der Waals surface area (Å²) in [6, 6.07) is 5.04. The lowest BCUT2D eigenvalue weighted by Gasteiger charge is -2.07. The number of nitrogens with one attached hydrogen (secondary N) is 1. The third-order valence-corrected chi connectivity index (χ3v) is 3.23. The Morgan fingerprint density at radius 3 is 2.57 bits per heavy atom. The Morgan fingerprint density at radius 2 is 2.07 bits per heavy atom. The number of benzene rings is 1. The third-order valence-electron chi connectivity index (χ3n) is 1.92. The van der Waals surface area contributed by atoms with Gasteiger partial charge in [0.15, 0.2) is 0 Å². The van der Waals surface area contributed by atoms with Crippen LogP contribution in [0.25, 0.3) is 0 Å². The van der Waals surface area contributed by atoms with Crippen LogP contribution in [0.4, 0.5) is 11.4 Å². The molecule has 3 N–H and O–H groups in total. The average molecular weight is 214 g/mol. The van der Waals surface area contributed by atoms with Crippen molar-refractivity contribution in [2.75, 3.05) is 16.2 Å². The Labute approximate surface area is 84.2 Å². The van der Waals surface area contributed by atoms with Crippen LogP contribution in [0, 0.1) is 6.92 Å². The first-order chi connectivity index (χ1) is 6.44. The Bertz CT molecular complexity index is 426. The molecule has 0 saturated carbocycles. The quantitative estimate of drug-likeness (QED) is 0.746. The van der Waals surface area contributed by atoms with Crippen molar-refractivity contribution in [2.24, 2.45) is 0 Å². The van der Waals surface area contributed by atoms with Crippen LogP contribution in [-0.2, 0) is 10.0 Å². The molecule has 1 aromatic carbocycles. The van der Waals surface area contributed by atoms with Gasteiger partial charge in [-0.1, -0.05) is 0 Å². The van der Waals surface area contributed by atoms with Crippen molar-refractivity contribution in [3.05, 3.63) is 23.8 Å². The molecular formula is C9H14N2O2S. The van der Waals surface area contributed by atoms with Gasteiger partial charge in [0, 0.05) is 11.4 Å². The molecule has 0 aliphatic carbocycles. The predicted octanol–water partition coefficient (Wildman–Crippen LogP) is 1.34. The second kappa shape index (κ2) is 3.88. The zero-order valence-electron chi connectivity index (χ0n) is 8.24. The van der Waals surface area contributed by atoms with E-state index in [2.05, 4.69) is 4.72 Å². The highest BCUT2D eigenvalue weighted by atomic mass is 32.2.